The summed E-state index contributed by atoms with van der Waals surface area (Å²) in [4.78, 5) is 0. The predicted molar refractivity (Wildman–Crippen MR) is 90.6 cm³/mol. The van der Waals surface area contributed by atoms with Crippen LogP contribution in [0.1, 0.15) is 49.7 Å². The SMILES string of the molecule is COc1cc(CI)ccc1C12CC3CC(CC(C3)C1)C2. The van der Waals surface area contributed by atoms with Gasteiger partial charge in [0, 0.05) is 9.99 Å². The van der Waals surface area contributed by atoms with E-state index in [0.29, 0.717) is 5.41 Å². The third-order valence-corrected chi connectivity index (χ3v) is 6.91. The molecular weight excluding hydrogens is 359 g/mol. The van der Waals surface area contributed by atoms with Gasteiger partial charge in [-0.1, -0.05) is 34.7 Å². The second kappa shape index (κ2) is 4.89. The Morgan fingerprint density at radius 1 is 1.10 bits per heavy atom. The van der Waals surface area contributed by atoms with Gasteiger partial charge in [-0.05, 0) is 73.3 Å². The lowest BCUT2D eigenvalue weighted by molar-refractivity contribution is -0.00616. The molecule has 4 saturated carbocycles. The quantitative estimate of drug-likeness (QED) is 0.522. The monoisotopic (exact) mass is 382 g/mol. The van der Waals surface area contributed by atoms with Gasteiger partial charge in [0.05, 0.1) is 7.11 Å². The maximum atomic E-state index is 5.77. The topological polar surface area (TPSA) is 9.23 Å². The summed E-state index contributed by atoms with van der Waals surface area (Å²) in [6.07, 6.45) is 8.77. The fraction of sp³-hybridized carbons (Fsp3) is 0.667. The molecule has 2 heteroatoms. The molecule has 20 heavy (non-hydrogen) atoms. The molecule has 4 aliphatic carbocycles. The van der Waals surface area contributed by atoms with Gasteiger partial charge in [-0.15, -0.1) is 0 Å². The predicted octanol–water partition coefficient (Wildman–Crippen LogP) is 5.10. The molecule has 1 nitrogen and oxygen atoms in total. The molecule has 0 spiro atoms. The van der Waals surface area contributed by atoms with Crippen molar-refractivity contribution in [2.45, 2.75) is 48.4 Å². The van der Waals surface area contributed by atoms with Gasteiger partial charge in [-0.2, -0.15) is 0 Å². The fourth-order valence-electron chi connectivity index (χ4n) is 5.70. The van der Waals surface area contributed by atoms with Gasteiger partial charge >= 0.3 is 0 Å². The average Bonchev–Trinajstić information content (AvgIpc) is 2.45. The molecule has 1 aromatic carbocycles. The van der Waals surface area contributed by atoms with Crippen LogP contribution in [0.15, 0.2) is 18.2 Å². The van der Waals surface area contributed by atoms with Crippen LogP contribution in [0.3, 0.4) is 0 Å². The van der Waals surface area contributed by atoms with Crippen molar-refractivity contribution in [2.24, 2.45) is 17.8 Å². The van der Waals surface area contributed by atoms with E-state index in [4.69, 9.17) is 4.74 Å². The van der Waals surface area contributed by atoms with Gasteiger partial charge in [0.1, 0.15) is 5.75 Å². The van der Waals surface area contributed by atoms with Gasteiger partial charge < -0.3 is 4.74 Å². The maximum absolute atomic E-state index is 5.77. The highest BCUT2D eigenvalue weighted by atomic mass is 127. The van der Waals surface area contributed by atoms with E-state index in [2.05, 4.69) is 40.8 Å². The average molecular weight is 382 g/mol. The van der Waals surface area contributed by atoms with Gasteiger partial charge in [0.15, 0.2) is 0 Å². The summed E-state index contributed by atoms with van der Waals surface area (Å²) in [7, 11) is 1.84. The van der Waals surface area contributed by atoms with Crippen LogP contribution in [-0.4, -0.2) is 7.11 Å². The summed E-state index contributed by atoms with van der Waals surface area (Å²) < 4.78 is 6.84. The molecule has 0 amide bonds. The van der Waals surface area contributed by atoms with Crippen molar-refractivity contribution in [3.8, 4) is 5.75 Å². The van der Waals surface area contributed by atoms with Crippen LogP contribution < -0.4 is 4.74 Å². The number of ether oxygens (including phenoxy) is 1. The second-order valence-corrected chi connectivity index (χ2v) is 8.13. The van der Waals surface area contributed by atoms with Gasteiger partial charge in [0.2, 0.25) is 0 Å². The minimum absolute atomic E-state index is 0.448. The van der Waals surface area contributed by atoms with E-state index >= 15 is 0 Å². The lowest BCUT2D eigenvalue weighted by Gasteiger charge is -2.57. The van der Waals surface area contributed by atoms with Crippen molar-refractivity contribution < 1.29 is 4.74 Å². The van der Waals surface area contributed by atoms with Crippen LogP contribution in [0.25, 0.3) is 0 Å². The van der Waals surface area contributed by atoms with E-state index < -0.39 is 0 Å². The minimum atomic E-state index is 0.448. The summed E-state index contributed by atoms with van der Waals surface area (Å²) in [6, 6.07) is 6.99. The Labute approximate surface area is 135 Å². The molecule has 108 valence electrons. The molecule has 0 saturated heterocycles. The van der Waals surface area contributed by atoms with Crippen LogP contribution >= 0.6 is 22.6 Å². The van der Waals surface area contributed by atoms with E-state index in [1.165, 1.54) is 49.7 Å². The molecule has 0 unspecified atom stereocenters. The molecule has 5 rings (SSSR count). The molecular formula is C18H23IO. The first-order chi connectivity index (χ1) is 9.72. The summed E-state index contributed by atoms with van der Waals surface area (Å²) in [5.74, 6) is 4.14. The number of alkyl halides is 1. The van der Waals surface area contributed by atoms with Gasteiger partial charge in [-0.3, -0.25) is 0 Å². The lowest BCUT2D eigenvalue weighted by Crippen LogP contribution is -2.48. The van der Waals surface area contributed by atoms with E-state index in [-0.39, 0.29) is 0 Å². The zero-order valence-electron chi connectivity index (χ0n) is 12.2. The van der Waals surface area contributed by atoms with Crippen LogP contribution in [-0.2, 0) is 9.84 Å². The molecule has 1 aromatic rings. The van der Waals surface area contributed by atoms with Crippen molar-refractivity contribution in [1.82, 2.24) is 0 Å². The maximum Gasteiger partial charge on any atom is 0.122 e. The van der Waals surface area contributed by atoms with E-state index in [9.17, 15) is 0 Å². The zero-order valence-corrected chi connectivity index (χ0v) is 14.4. The zero-order chi connectivity index (χ0) is 13.7. The van der Waals surface area contributed by atoms with Gasteiger partial charge in [-0.25, -0.2) is 0 Å². The molecule has 4 fully saturated rings. The molecule has 0 radical (unpaired) electrons. The molecule has 0 aliphatic heterocycles. The van der Waals surface area contributed by atoms with Crippen molar-refractivity contribution in [3.05, 3.63) is 29.3 Å². The summed E-state index contributed by atoms with van der Waals surface area (Å²) >= 11 is 2.43. The van der Waals surface area contributed by atoms with Crippen molar-refractivity contribution >= 4 is 22.6 Å². The number of hydrogen-bond acceptors (Lipinski definition) is 1. The molecule has 0 aromatic heterocycles. The highest BCUT2D eigenvalue weighted by Crippen LogP contribution is 2.61. The Morgan fingerprint density at radius 2 is 1.70 bits per heavy atom. The highest BCUT2D eigenvalue weighted by Gasteiger charge is 2.52. The first-order valence-electron chi connectivity index (χ1n) is 7.96. The Hall–Kier alpha value is -0.250. The van der Waals surface area contributed by atoms with Crippen LogP contribution in [0.2, 0.25) is 0 Å². The number of rotatable bonds is 3. The molecule has 0 heterocycles. The van der Waals surface area contributed by atoms with Crippen LogP contribution in [0.4, 0.5) is 0 Å². The Bertz CT molecular complexity index is 487. The van der Waals surface area contributed by atoms with E-state index in [1.54, 1.807) is 0 Å². The van der Waals surface area contributed by atoms with Crippen molar-refractivity contribution in [3.63, 3.8) is 0 Å². The summed E-state index contributed by atoms with van der Waals surface area (Å²) in [5, 5.41) is 0. The summed E-state index contributed by atoms with van der Waals surface area (Å²) in [5.41, 5.74) is 3.35. The largest absolute Gasteiger partial charge is 0.496 e. The van der Waals surface area contributed by atoms with Crippen LogP contribution in [0.5, 0.6) is 5.75 Å². The third-order valence-electron chi connectivity index (χ3n) is 6.03. The van der Waals surface area contributed by atoms with Gasteiger partial charge in [0.25, 0.3) is 0 Å². The fourth-order valence-corrected chi connectivity index (χ4v) is 6.17. The number of benzene rings is 1. The highest BCUT2D eigenvalue weighted by molar-refractivity contribution is 14.1. The molecule has 4 aliphatic rings. The van der Waals surface area contributed by atoms with Crippen LogP contribution in [0, 0.1) is 17.8 Å². The molecule has 0 atom stereocenters. The Kier molecular flexibility index (Phi) is 3.28. The number of methoxy groups -OCH3 is 1. The Morgan fingerprint density at radius 3 is 2.20 bits per heavy atom. The second-order valence-electron chi connectivity index (χ2n) is 7.37. The summed E-state index contributed by atoms with van der Waals surface area (Å²) in [6.45, 7) is 0. The number of halogens is 1. The van der Waals surface area contributed by atoms with E-state index in [0.717, 1.165) is 27.9 Å². The van der Waals surface area contributed by atoms with Crippen molar-refractivity contribution in [1.29, 1.82) is 0 Å². The van der Waals surface area contributed by atoms with E-state index in [1.807, 2.05) is 7.11 Å². The smallest absolute Gasteiger partial charge is 0.122 e. The molecule has 0 N–H and O–H groups in total. The Balaban J connectivity index is 1.76. The first kappa shape index (κ1) is 13.4. The van der Waals surface area contributed by atoms with Crippen molar-refractivity contribution in [2.75, 3.05) is 7.11 Å². The number of hydrogen-bond donors (Lipinski definition) is 0. The normalized spacial score (nSPS) is 38.2. The first-order valence-corrected chi connectivity index (χ1v) is 9.48. The minimum Gasteiger partial charge on any atom is -0.496 e. The lowest BCUT2D eigenvalue weighted by atomic mass is 9.48. The molecule has 4 bridgehead atoms. The standard InChI is InChI=1S/C18H23IO/c1-20-17-7-12(11-19)2-3-16(17)18-8-13-4-14(9-18)6-15(5-13)10-18/h2-3,7,13-15H,4-6,8-11H2,1H3. The third kappa shape index (κ3) is 2.01.